The second kappa shape index (κ2) is 15.4. The number of nitrogens with one attached hydrogen (secondary N) is 1. The van der Waals surface area contributed by atoms with E-state index in [-0.39, 0.29) is 29.8 Å². The maximum atomic E-state index is 14.5. The molecule has 0 radical (unpaired) electrons. The molecule has 2 atom stereocenters. The van der Waals surface area contributed by atoms with Crippen molar-refractivity contribution in [2.75, 3.05) is 10.8 Å². The highest BCUT2D eigenvalue weighted by Crippen LogP contribution is 2.26. The lowest BCUT2D eigenvalue weighted by atomic mass is 10.0. The largest absolute Gasteiger partial charge is 0.352 e. The van der Waals surface area contributed by atoms with Crippen molar-refractivity contribution in [3.05, 3.63) is 130 Å². The predicted octanol–water partition coefficient (Wildman–Crippen LogP) is 6.82. The lowest BCUT2D eigenvalue weighted by Gasteiger charge is -2.34. The Labute approximate surface area is 275 Å². The van der Waals surface area contributed by atoms with Gasteiger partial charge in [0.2, 0.25) is 11.8 Å². The highest BCUT2D eigenvalue weighted by molar-refractivity contribution is 9.10. The molecule has 9 heteroatoms. The van der Waals surface area contributed by atoms with Gasteiger partial charge in [-0.15, -0.1) is 0 Å². The van der Waals surface area contributed by atoms with Crippen LogP contribution in [0.4, 0.5) is 5.69 Å². The van der Waals surface area contributed by atoms with Crippen molar-refractivity contribution in [3.63, 3.8) is 0 Å². The topological polar surface area (TPSA) is 86.8 Å². The van der Waals surface area contributed by atoms with Crippen LogP contribution in [0.15, 0.2) is 112 Å². The van der Waals surface area contributed by atoms with Crippen molar-refractivity contribution in [2.45, 2.75) is 64.1 Å². The maximum absolute atomic E-state index is 14.5. The summed E-state index contributed by atoms with van der Waals surface area (Å²) in [6, 6.07) is 29.7. The van der Waals surface area contributed by atoms with Crippen LogP contribution in [0.3, 0.4) is 0 Å². The van der Waals surface area contributed by atoms with Crippen molar-refractivity contribution in [1.29, 1.82) is 0 Å². The van der Waals surface area contributed by atoms with Gasteiger partial charge in [0.15, 0.2) is 0 Å². The minimum Gasteiger partial charge on any atom is -0.352 e. The number of sulfonamides is 1. The van der Waals surface area contributed by atoms with Crippen LogP contribution in [0.25, 0.3) is 0 Å². The molecule has 2 amide bonds. The third kappa shape index (κ3) is 9.05. The van der Waals surface area contributed by atoms with Gasteiger partial charge in [-0.1, -0.05) is 95.1 Å². The molecule has 0 aliphatic carbocycles. The summed E-state index contributed by atoms with van der Waals surface area (Å²) in [7, 11) is -4.14. The molecule has 0 bridgehead atoms. The third-order valence-electron chi connectivity index (χ3n) is 7.72. The van der Waals surface area contributed by atoms with E-state index in [9.17, 15) is 18.0 Å². The number of aryl methyl sites for hydroxylation is 2. The zero-order valence-electron chi connectivity index (χ0n) is 26.1. The zero-order chi connectivity index (χ0) is 32.6. The van der Waals surface area contributed by atoms with Gasteiger partial charge in [0.25, 0.3) is 10.0 Å². The van der Waals surface area contributed by atoms with Crippen LogP contribution in [0, 0.1) is 13.8 Å². The quantitative estimate of drug-likeness (QED) is 0.167. The summed E-state index contributed by atoms with van der Waals surface area (Å²) in [5.41, 5.74) is 3.84. The van der Waals surface area contributed by atoms with Gasteiger partial charge >= 0.3 is 0 Å². The molecule has 0 unspecified atom stereocenters. The lowest BCUT2D eigenvalue weighted by Crippen LogP contribution is -2.54. The maximum Gasteiger partial charge on any atom is 0.264 e. The van der Waals surface area contributed by atoms with Crippen LogP contribution in [0.5, 0.6) is 0 Å². The minimum atomic E-state index is -4.14. The Morgan fingerprint density at radius 3 is 2.11 bits per heavy atom. The Morgan fingerprint density at radius 2 is 1.49 bits per heavy atom. The highest BCUT2D eigenvalue weighted by Gasteiger charge is 2.35. The summed E-state index contributed by atoms with van der Waals surface area (Å²) in [6.07, 6.45) is 0.987. The van der Waals surface area contributed by atoms with Gasteiger partial charge in [0, 0.05) is 23.5 Å². The Hall–Kier alpha value is -3.95. The molecule has 7 nitrogen and oxygen atoms in total. The fraction of sp³-hybridized carbons (Fsp3) is 0.278. The second-order valence-corrected chi connectivity index (χ2v) is 14.1. The average Bonchev–Trinajstić information content (AvgIpc) is 3.02. The average molecular weight is 691 g/mol. The Balaban J connectivity index is 1.80. The van der Waals surface area contributed by atoms with E-state index in [0.29, 0.717) is 5.69 Å². The predicted molar refractivity (Wildman–Crippen MR) is 183 cm³/mol. The van der Waals surface area contributed by atoms with Gasteiger partial charge in [-0.3, -0.25) is 13.9 Å². The Bertz CT molecular complexity index is 1690. The summed E-state index contributed by atoms with van der Waals surface area (Å²) in [5, 5.41) is 3.06. The van der Waals surface area contributed by atoms with Gasteiger partial charge in [-0.25, -0.2) is 8.42 Å². The Kier molecular flexibility index (Phi) is 11.6. The SMILES string of the molecule is CC[C@H](C)NC(=O)[C@H](Cc1ccccc1)N(Cc1ccc(Br)cc1)C(=O)CN(c1cccc(C)c1)S(=O)(=O)c1ccc(C)cc1. The van der Waals surface area contributed by atoms with Gasteiger partial charge < -0.3 is 10.2 Å². The molecular formula is C36H40BrN3O4S. The van der Waals surface area contributed by atoms with Crippen molar-refractivity contribution in [1.82, 2.24) is 10.2 Å². The van der Waals surface area contributed by atoms with Crippen LogP contribution in [-0.4, -0.2) is 43.8 Å². The third-order valence-corrected chi connectivity index (χ3v) is 10.0. The molecule has 0 heterocycles. The molecule has 4 aromatic rings. The molecule has 0 fully saturated rings. The zero-order valence-corrected chi connectivity index (χ0v) is 28.5. The van der Waals surface area contributed by atoms with Crippen LogP contribution in [0.1, 0.15) is 42.5 Å². The van der Waals surface area contributed by atoms with Crippen LogP contribution >= 0.6 is 15.9 Å². The number of hydrogen-bond acceptors (Lipinski definition) is 4. The first-order valence-electron chi connectivity index (χ1n) is 15.0. The smallest absolute Gasteiger partial charge is 0.264 e. The van der Waals surface area contributed by atoms with E-state index in [4.69, 9.17) is 0 Å². The summed E-state index contributed by atoms with van der Waals surface area (Å²) in [4.78, 5) is 30.0. The molecule has 0 aromatic heterocycles. The van der Waals surface area contributed by atoms with E-state index in [1.807, 2.05) is 88.4 Å². The monoisotopic (exact) mass is 689 g/mol. The second-order valence-electron chi connectivity index (χ2n) is 11.3. The first-order chi connectivity index (χ1) is 21.5. The van der Waals surface area contributed by atoms with Crippen molar-refractivity contribution in [3.8, 4) is 0 Å². The van der Waals surface area contributed by atoms with Gasteiger partial charge in [-0.05, 0) is 80.3 Å². The number of hydrogen-bond donors (Lipinski definition) is 1. The number of halogens is 1. The molecule has 0 aliphatic heterocycles. The van der Waals surface area contributed by atoms with E-state index in [1.54, 1.807) is 42.5 Å². The molecule has 0 saturated carbocycles. The van der Waals surface area contributed by atoms with E-state index >= 15 is 0 Å². The Morgan fingerprint density at radius 1 is 0.822 bits per heavy atom. The fourth-order valence-electron chi connectivity index (χ4n) is 4.93. The van der Waals surface area contributed by atoms with E-state index in [2.05, 4.69) is 21.2 Å². The molecular weight excluding hydrogens is 650 g/mol. The number of rotatable bonds is 13. The molecule has 236 valence electrons. The molecule has 45 heavy (non-hydrogen) atoms. The highest BCUT2D eigenvalue weighted by atomic mass is 79.9. The van der Waals surface area contributed by atoms with Gasteiger partial charge in [-0.2, -0.15) is 0 Å². The van der Waals surface area contributed by atoms with Crippen molar-refractivity contribution < 1.29 is 18.0 Å². The number of anilines is 1. The normalized spacial score (nSPS) is 12.6. The number of amides is 2. The molecule has 4 rings (SSSR count). The fourth-order valence-corrected chi connectivity index (χ4v) is 6.60. The first kappa shape index (κ1) is 33.9. The van der Waals surface area contributed by atoms with E-state index in [0.717, 1.165) is 37.5 Å². The van der Waals surface area contributed by atoms with Crippen LogP contribution in [-0.2, 0) is 32.6 Å². The molecule has 0 saturated heterocycles. The molecule has 0 spiro atoms. The summed E-state index contributed by atoms with van der Waals surface area (Å²) < 4.78 is 30.3. The number of carbonyl (C=O) groups is 2. The standard InChI is InChI=1S/C36H40BrN3O4S/c1-5-28(4)38-36(42)34(23-29-11-7-6-8-12-29)39(24-30-16-18-31(37)19-17-30)35(41)25-40(32-13-9-10-27(3)22-32)45(43,44)33-20-14-26(2)15-21-33/h6-22,28,34H,5,23-25H2,1-4H3,(H,38,42)/t28-,34-/m0/s1. The van der Waals surface area contributed by atoms with Gasteiger partial charge in [0.1, 0.15) is 12.6 Å². The molecule has 1 N–H and O–H groups in total. The van der Waals surface area contributed by atoms with E-state index < -0.39 is 28.5 Å². The lowest BCUT2D eigenvalue weighted by molar-refractivity contribution is -0.140. The van der Waals surface area contributed by atoms with Crippen molar-refractivity contribution in [2.24, 2.45) is 0 Å². The van der Waals surface area contributed by atoms with Crippen LogP contribution in [0.2, 0.25) is 0 Å². The first-order valence-corrected chi connectivity index (χ1v) is 17.3. The summed E-state index contributed by atoms with van der Waals surface area (Å²) in [6.45, 7) is 7.29. The summed E-state index contributed by atoms with van der Waals surface area (Å²) in [5.74, 6) is -0.780. The number of carbonyl (C=O) groups excluding carboxylic acids is 2. The molecule has 0 aliphatic rings. The minimum absolute atomic E-state index is 0.0808. The van der Waals surface area contributed by atoms with E-state index in [1.165, 1.54) is 4.90 Å². The molecule has 4 aromatic carbocycles. The van der Waals surface area contributed by atoms with Crippen LogP contribution < -0.4 is 9.62 Å². The van der Waals surface area contributed by atoms with Gasteiger partial charge in [0.05, 0.1) is 10.6 Å². The van der Waals surface area contributed by atoms with Crippen molar-refractivity contribution >= 4 is 43.5 Å². The number of benzene rings is 4. The number of nitrogens with zero attached hydrogens (tertiary/aromatic N) is 2. The summed E-state index contributed by atoms with van der Waals surface area (Å²) >= 11 is 3.47.